The fraction of sp³-hybridized carbons (Fsp3) is 0.700. The van der Waals surface area contributed by atoms with E-state index in [2.05, 4.69) is 10.1 Å². The smallest absolute Gasteiger partial charge is 0.330 e. The van der Waals surface area contributed by atoms with Crippen LogP contribution in [0.15, 0.2) is 12.2 Å². The first-order valence-electron chi connectivity index (χ1n) is 5.26. The summed E-state index contributed by atoms with van der Waals surface area (Å²) in [6, 6.07) is 0. The van der Waals surface area contributed by atoms with E-state index in [9.17, 15) is 13.2 Å². The average molecular weight is 249 g/mol. The molecule has 0 aromatic carbocycles. The third kappa shape index (κ3) is 8.43. The molecule has 0 heterocycles. The van der Waals surface area contributed by atoms with Crippen molar-refractivity contribution in [2.45, 2.75) is 13.8 Å². The van der Waals surface area contributed by atoms with Gasteiger partial charge in [0, 0.05) is 24.9 Å². The molecule has 0 fully saturated rings. The molecule has 0 spiro atoms. The summed E-state index contributed by atoms with van der Waals surface area (Å²) in [5.74, 6) is -0.102. The second-order valence-corrected chi connectivity index (χ2v) is 5.57. The zero-order valence-corrected chi connectivity index (χ0v) is 10.5. The van der Waals surface area contributed by atoms with Crippen LogP contribution in [-0.2, 0) is 19.4 Å². The van der Waals surface area contributed by atoms with Gasteiger partial charge in [-0.3, -0.25) is 0 Å². The van der Waals surface area contributed by atoms with Crippen LogP contribution < -0.4 is 5.32 Å². The van der Waals surface area contributed by atoms with Gasteiger partial charge in [-0.05, 0) is 6.92 Å². The maximum Gasteiger partial charge on any atom is 0.330 e. The molecule has 1 N–H and O–H groups in total. The second-order valence-electron chi connectivity index (χ2n) is 3.09. The van der Waals surface area contributed by atoms with Gasteiger partial charge in [-0.25, -0.2) is 13.2 Å². The molecule has 6 heteroatoms. The predicted octanol–water partition coefficient (Wildman–Crippen LogP) is 0.130. The lowest BCUT2D eigenvalue weighted by atomic mass is 10.5. The van der Waals surface area contributed by atoms with Gasteiger partial charge in [0.25, 0.3) is 0 Å². The Morgan fingerprint density at radius 1 is 1.38 bits per heavy atom. The third-order valence-electron chi connectivity index (χ3n) is 1.83. The van der Waals surface area contributed by atoms with Crippen LogP contribution in [0.3, 0.4) is 0 Å². The highest BCUT2D eigenvalue weighted by Crippen LogP contribution is 1.87. The van der Waals surface area contributed by atoms with Crippen molar-refractivity contribution in [1.29, 1.82) is 0 Å². The van der Waals surface area contributed by atoms with E-state index in [0.717, 1.165) is 0 Å². The average Bonchev–Trinajstić information content (AvgIpc) is 2.23. The quantitative estimate of drug-likeness (QED) is 0.376. The second kappa shape index (κ2) is 8.29. The van der Waals surface area contributed by atoms with Crippen LogP contribution >= 0.6 is 0 Å². The highest BCUT2D eigenvalue weighted by Gasteiger charge is 2.05. The molecule has 5 nitrogen and oxygen atoms in total. The number of sulfone groups is 1. The summed E-state index contributed by atoms with van der Waals surface area (Å²) in [6.07, 6.45) is 2.93. The predicted molar refractivity (Wildman–Crippen MR) is 63.0 cm³/mol. The van der Waals surface area contributed by atoms with Gasteiger partial charge < -0.3 is 10.1 Å². The molecule has 0 saturated carbocycles. The molecule has 0 saturated heterocycles. The lowest BCUT2D eigenvalue weighted by molar-refractivity contribution is -0.137. The molecule has 0 unspecified atom stereocenters. The summed E-state index contributed by atoms with van der Waals surface area (Å²) in [4.78, 5) is 10.8. The standard InChI is InChI=1S/C10H19NO4S/c1-3-15-10(12)6-5-7-11-8-9-16(13,14)4-2/h5-6,11H,3-4,7-9H2,1-2H3/b6-5+. The number of nitrogens with one attached hydrogen (secondary N) is 1. The van der Waals surface area contributed by atoms with Gasteiger partial charge in [0.15, 0.2) is 9.84 Å². The van der Waals surface area contributed by atoms with Gasteiger partial charge in [-0.2, -0.15) is 0 Å². The Morgan fingerprint density at radius 2 is 2.06 bits per heavy atom. The first-order valence-corrected chi connectivity index (χ1v) is 7.08. The number of esters is 1. The molecule has 0 bridgehead atoms. The molecule has 0 aromatic rings. The van der Waals surface area contributed by atoms with Crippen LogP contribution in [0.1, 0.15) is 13.8 Å². The van der Waals surface area contributed by atoms with Crippen molar-refractivity contribution in [3.05, 3.63) is 12.2 Å². The molecule has 0 aliphatic carbocycles. The van der Waals surface area contributed by atoms with Crippen molar-refractivity contribution < 1.29 is 17.9 Å². The number of hydrogen-bond acceptors (Lipinski definition) is 5. The highest BCUT2D eigenvalue weighted by atomic mass is 32.2. The van der Waals surface area contributed by atoms with Crippen molar-refractivity contribution in [1.82, 2.24) is 5.32 Å². The van der Waals surface area contributed by atoms with Crippen LogP contribution in [-0.4, -0.2) is 45.6 Å². The number of carbonyl (C=O) groups is 1. The monoisotopic (exact) mass is 249 g/mol. The minimum absolute atomic E-state index is 0.122. The van der Waals surface area contributed by atoms with Gasteiger partial charge in [0.05, 0.1) is 12.4 Å². The van der Waals surface area contributed by atoms with Crippen LogP contribution in [0.25, 0.3) is 0 Å². The minimum atomic E-state index is -2.91. The van der Waals surface area contributed by atoms with Gasteiger partial charge in [-0.1, -0.05) is 13.0 Å². The Labute approximate surface area is 96.8 Å². The molecule has 0 aromatic heterocycles. The largest absolute Gasteiger partial charge is 0.463 e. The molecule has 0 amide bonds. The zero-order valence-electron chi connectivity index (χ0n) is 9.73. The lowest BCUT2D eigenvalue weighted by Crippen LogP contribution is -2.24. The van der Waals surface area contributed by atoms with E-state index in [1.807, 2.05) is 0 Å². The summed E-state index contributed by atoms with van der Waals surface area (Å²) in [5, 5.41) is 2.90. The summed E-state index contributed by atoms with van der Waals surface area (Å²) in [5.41, 5.74) is 0. The molecule has 94 valence electrons. The van der Waals surface area contributed by atoms with Crippen molar-refractivity contribution >= 4 is 15.8 Å². The minimum Gasteiger partial charge on any atom is -0.463 e. The van der Waals surface area contributed by atoms with Gasteiger partial charge in [-0.15, -0.1) is 0 Å². The van der Waals surface area contributed by atoms with Crippen molar-refractivity contribution in [2.75, 3.05) is 31.2 Å². The van der Waals surface area contributed by atoms with Crippen LogP contribution in [0.4, 0.5) is 0 Å². The molecule has 16 heavy (non-hydrogen) atoms. The molecule has 0 atom stereocenters. The molecule has 0 aliphatic heterocycles. The van der Waals surface area contributed by atoms with Crippen molar-refractivity contribution in [2.24, 2.45) is 0 Å². The topological polar surface area (TPSA) is 72.5 Å². The Bertz CT molecular complexity index is 322. The fourth-order valence-electron chi connectivity index (χ4n) is 0.903. The van der Waals surface area contributed by atoms with E-state index in [0.29, 0.717) is 19.7 Å². The Balaban J connectivity index is 3.58. The summed E-state index contributed by atoms with van der Waals surface area (Å²) in [6.45, 7) is 4.56. The van der Waals surface area contributed by atoms with Crippen LogP contribution in [0.5, 0.6) is 0 Å². The molecule has 0 radical (unpaired) electrons. The Kier molecular flexibility index (Phi) is 7.84. The molecular weight excluding hydrogens is 230 g/mol. The normalized spacial score (nSPS) is 11.9. The number of carbonyl (C=O) groups excluding carboxylic acids is 1. The highest BCUT2D eigenvalue weighted by molar-refractivity contribution is 7.91. The van der Waals surface area contributed by atoms with E-state index in [4.69, 9.17) is 0 Å². The van der Waals surface area contributed by atoms with E-state index in [-0.39, 0.29) is 17.5 Å². The number of ether oxygens (including phenoxy) is 1. The number of rotatable bonds is 8. The third-order valence-corrected chi connectivity index (χ3v) is 3.54. The molecular formula is C10H19NO4S. The van der Waals surface area contributed by atoms with Crippen LogP contribution in [0.2, 0.25) is 0 Å². The maximum absolute atomic E-state index is 11.1. The first kappa shape index (κ1) is 15.1. The van der Waals surface area contributed by atoms with Gasteiger partial charge in [0.1, 0.15) is 0 Å². The van der Waals surface area contributed by atoms with Crippen molar-refractivity contribution in [3.63, 3.8) is 0 Å². The molecule has 0 rings (SSSR count). The lowest BCUT2D eigenvalue weighted by Gasteiger charge is -2.01. The SMILES string of the molecule is CCOC(=O)/C=C/CNCCS(=O)(=O)CC. The van der Waals surface area contributed by atoms with Crippen LogP contribution in [0, 0.1) is 0 Å². The van der Waals surface area contributed by atoms with Crippen molar-refractivity contribution in [3.8, 4) is 0 Å². The summed E-state index contributed by atoms with van der Waals surface area (Å²) < 4.78 is 26.9. The summed E-state index contributed by atoms with van der Waals surface area (Å²) >= 11 is 0. The van der Waals surface area contributed by atoms with Gasteiger partial charge >= 0.3 is 5.97 Å². The summed E-state index contributed by atoms with van der Waals surface area (Å²) in [7, 11) is -2.91. The van der Waals surface area contributed by atoms with E-state index >= 15 is 0 Å². The number of hydrogen-bond donors (Lipinski definition) is 1. The van der Waals surface area contributed by atoms with E-state index in [1.54, 1.807) is 19.9 Å². The Hall–Kier alpha value is -0.880. The maximum atomic E-state index is 11.1. The van der Waals surface area contributed by atoms with E-state index < -0.39 is 9.84 Å². The molecule has 0 aliphatic rings. The Morgan fingerprint density at radius 3 is 2.62 bits per heavy atom. The fourth-order valence-corrected chi connectivity index (χ4v) is 1.65. The first-order chi connectivity index (χ1) is 7.52. The van der Waals surface area contributed by atoms with E-state index in [1.165, 1.54) is 6.08 Å². The van der Waals surface area contributed by atoms with Gasteiger partial charge in [0.2, 0.25) is 0 Å². The zero-order chi connectivity index (χ0) is 12.4.